The number of hydrogen-bond donors (Lipinski definition) is 0. The molecule has 1 aromatic carbocycles. The quantitative estimate of drug-likeness (QED) is 0.207. The first-order valence-electron chi connectivity index (χ1n) is 8.12. The summed E-state index contributed by atoms with van der Waals surface area (Å²) in [6.45, 7) is 3.90. The first-order chi connectivity index (χ1) is 11.5. The van der Waals surface area contributed by atoms with Crippen LogP contribution in [0.3, 0.4) is 0 Å². The fraction of sp³-hybridized carbons (Fsp3) is 0.316. The molecule has 0 saturated heterocycles. The molecule has 0 saturated carbocycles. The van der Waals surface area contributed by atoms with Crippen molar-refractivity contribution in [2.75, 3.05) is 0 Å². The van der Waals surface area contributed by atoms with Gasteiger partial charge in [0.25, 0.3) is 0 Å². The number of rotatable bonds is 4. The van der Waals surface area contributed by atoms with Gasteiger partial charge in [-0.1, -0.05) is 20.3 Å². The maximum atomic E-state index is 14.6. The van der Waals surface area contributed by atoms with Crippen LogP contribution in [0.1, 0.15) is 37.9 Å². The van der Waals surface area contributed by atoms with Crippen molar-refractivity contribution in [1.29, 1.82) is 0 Å². The molecule has 0 atom stereocenters. The predicted molar refractivity (Wildman–Crippen MR) is 84.9 cm³/mol. The van der Waals surface area contributed by atoms with E-state index in [-0.39, 0.29) is 10.8 Å². The summed E-state index contributed by atoms with van der Waals surface area (Å²) in [6.07, 6.45) is 4.33. The predicted octanol–water partition coefficient (Wildman–Crippen LogP) is 5.04. The van der Waals surface area contributed by atoms with Crippen molar-refractivity contribution in [2.45, 2.75) is 39.5 Å². The Labute approximate surface area is 137 Å². The smallest absolute Gasteiger partial charge is 0.203 e. The van der Waals surface area contributed by atoms with Crippen molar-refractivity contribution in [3.63, 3.8) is 0 Å². The Hall–Kier alpha value is -2.17. The van der Waals surface area contributed by atoms with Gasteiger partial charge in [-0.15, -0.1) is 0 Å². The highest BCUT2D eigenvalue weighted by atomic mass is 19.2. The van der Waals surface area contributed by atoms with E-state index in [0.29, 0.717) is 30.3 Å². The molecule has 126 valence electrons. The first-order valence-corrected chi connectivity index (χ1v) is 8.12. The van der Waals surface area contributed by atoms with Gasteiger partial charge in [-0.3, -0.25) is 0 Å². The molecule has 0 aliphatic rings. The van der Waals surface area contributed by atoms with Crippen LogP contribution in [0.25, 0.3) is 16.3 Å². The zero-order valence-electron chi connectivity index (χ0n) is 13.6. The number of aromatic nitrogens is 1. The van der Waals surface area contributed by atoms with Gasteiger partial charge in [-0.25, -0.2) is 17.6 Å². The summed E-state index contributed by atoms with van der Waals surface area (Å²) in [6, 6.07) is 5.04. The van der Waals surface area contributed by atoms with E-state index in [0.717, 1.165) is 12.1 Å². The zero-order chi connectivity index (χ0) is 17.4. The Morgan fingerprint density at radius 1 is 0.792 bits per heavy atom. The number of hydrogen-bond acceptors (Lipinski definition) is 0. The van der Waals surface area contributed by atoms with Crippen molar-refractivity contribution in [3.8, 4) is 0 Å². The lowest BCUT2D eigenvalue weighted by molar-refractivity contribution is -0.521. The minimum Gasteiger partial charge on any atom is -0.203 e. The molecule has 1 nitrogen and oxygen atoms in total. The summed E-state index contributed by atoms with van der Waals surface area (Å²) in [4.78, 5) is 0. The molecule has 0 aliphatic carbocycles. The first kappa shape index (κ1) is 16.7. The SMILES string of the molecule is CCCc1c(CCC)[n+]2ccccc2c2c(F)c(F)c(F)c(F)c12. The van der Waals surface area contributed by atoms with E-state index in [1.54, 1.807) is 28.8 Å². The largest absolute Gasteiger partial charge is 0.221 e. The highest BCUT2D eigenvalue weighted by molar-refractivity contribution is 5.97. The molecule has 0 N–H and O–H groups in total. The second-order valence-electron chi connectivity index (χ2n) is 5.89. The monoisotopic (exact) mass is 336 g/mol. The molecular weight excluding hydrogens is 318 g/mol. The van der Waals surface area contributed by atoms with Gasteiger partial charge in [0, 0.05) is 29.5 Å². The Bertz CT molecular complexity index is 934. The molecule has 0 spiro atoms. The van der Waals surface area contributed by atoms with Crippen LogP contribution >= 0.6 is 0 Å². The van der Waals surface area contributed by atoms with E-state index < -0.39 is 23.3 Å². The van der Waals surface area contributed by atoms with Gasteiger partial charge in [-0.2, -0.15) is 4.40 Å². The van der Waals surface area contributed by atoms with Crippen LogP contribution < -0.4 is 4.40 Å². The zero-order valence-corrected chi connectivity index (χ0v) is 13.6. The van der Waals surface area contributed by atoms with E-state index in [1.165, 1.54) is 0 Å². The minimum atomic E-state index is -1.77. The lowest BCUT2D eigenvalue weighted by Gasteiger charge is -2.13. The van der Waals surface area contributed by atoms with Crippen molar-refractivity contribution in [3.05, 3.63) is 58.9 Å². The fourth-order valence-electron chi connectivity index (χ4n) is 3.35. The number of pyridine rings is 2. The third kappa shape index (κ3) is 2.34. The molecule has 2 heterocycles. The lowest BCUT2D eigenvalue weighted by atomic mass is 9.95. The van der Waals surface area contributed by atoms with Gasteiger partial charge in [0.1, 0.15) is 0 Å². The van der Waals surface area contributed by atoms with Crippen LogP contribution in [0.15, 0.2) is 24.4 Å². The van der Waals surface area contributed by atoms with Gasteiger partial charge in [-0.05, 0) is 18.9 Å². The minimum absolute atomic E-state index is 0.136. The van der Waals surface area contributed by atoms with Crippen molar-refractivity contribution >= 4 is 16.3 Å². The molecular formula is C19H18F4N+. The van der Waals surface area contributed by atoms with E-state index in [9.17, 15) is 17.6 Å². The molecule has 0 amide bonds. The Balaban J connectivity index is 2.65. The fourth-order valence-corrected chi connectivity index (χ4v) is 3.35. The highest BCUT2D eigenvalue weighted by Gasteiger charge is 2.30. The molecule has 2 aromatic heterocycles. The highest BCUT2D eigenvalue weighted by Crippen LogP contribution is 2.33. The van der Waals surface area contributed by atoms with Gasteiger partial charge < -0.3 is 0 Å². The summed E-state index contributed by atoms with van der Waals surface area (Å²) in [5.41, 5.74) is 1.70. The maximum absolute atomic E-state index is 14.6. The summed E-state index contributed by atoms with van der Waals surface area (Å²) >= 11 is 0. The maximum Gasteiger partial charge on any atom is 0.221 e. The Morgan fingerprint density at radius 3 is 2.04 bits per heavy atom. The van der Waals surface area contributed by atoms with E-state index in [4.69, 9.17) is 0 Å². The second-order valence-corrected chi connectivity index (χ2v) is 5.89. The number of halogens is 4. The average molecular weight is 336 g/mol. The van der Waals surface area contributed by atoms with Gasteiger partial charge in [0.2, 0.25) is 5.52 Å². The van der Waals surface area contributed by atoms with Crippen molar-refractivity contribution in [1.82, 2.24) is 0 Å². The number of fused-ring (bicyclic) bond motifs is 3. The van der Waals surface area contributed by atoms with E-state index in [2.05, 4.69) is 0 Å². The summed E-state index contributed by atoms with van der Waals surface area (Å²) in [5.74, 6) is -6.17. The van der Waals surface area contributed by atoms with E-state index in [1.807, 2.05) is 13.8 Å². The van der Waals surface area contributed by atoms with Gasteiger partial charge >= 0.3 is 0 Å². The molecule has 3 aromatic rings. The molecule has 24 heavy (non-hydrogen) atoms. The summed E-state index contributed by atoms with van der Waals surface area (Å²) < 4.78 is 58.5. The van der Waals surface area contributed by atoms with Gasteiger partial charge in [0.15, 0.2) is 35.2 Å². The van der Waals surface area contributed by atoms with Crippen LogP contribution in [-0.2, 0) is 12.8 Å². The molecule has 0 unspecified atom stereocenters. The van der Waals surface area contributed by atoms with Crippen molar-refractivity contribution in [2.24, 2.45) is 0 Å². The topological polar surface area (TPSA) is 4.10 Å². The Morgan fingerprint density at radius 2 is 1.42 bits per heavy atom. The summed E-state index contributed by atoms with van der Waals surface area (Å²) in [5, 5.41) is -0.335. The molecule has 5 heteroatoms. The second kappa shape index (κ2) is 6.38. The third-order valence-electron chi connectivity index (χ3n) is 4.31. The van der Waals surface area contributed by atoms with Gasteiger partial charge in [0.05, 0.1) is 5.39 Å². The normalized spacial score (nSPS) is 11.6. The number of nitrogens with zero attached hydrogens (tertiary/aromatic N) is 1. The van der Waals surface area contributed by atoms with Crippen LogP contribution in [0.5, 0.6) is 0 Å². The van der Waals surface area contributed by atoms with Crippen LogP contribution in [0.2, 0.25) is 0 Å². The average Bonchev–Trinajstić information content (AvgIpc) is 2.59. The number of aryl methyl sites for hydroxylation is 2. The molecule has 0 bridgehead atoms. The molecule has 3 rings (SSSR count). The third-order valence-corrected chi connectivity index (χ3v) is 4.31. The van der Waals surface area contributed by atoms with Crippen molar-refractivity contribution < 1.29 is 22.0 Å². The van der Waals surface area contributed by atoms with Crippen LogP contribution in [0, 0.1) is 23.3 Å². The van der Waals surface area contributed by atoms with Crippen LogP contribution in [0.4, 0.5) is 17.6 Å². The number of benzene rings is 1. The molecule has 0 radical (unpaired) electrons. The molecule has 0 fully saturated rings. The lowest BCUT2D eigenvalue weighted by Crippen LogP contribution is -2.30. The van der Waals surface area contributed by atoms with E-state index >= 15 is 0 Å². The van der Waals surface area contributed by atoms with Crippen LogP contribution in [-0.4, -0.2) is 0 Å². The standard InChI is InChI=1S/C19H18F4N/c1-3-7-11-12(8-4-2)24-10-6-5-9-13(24)15-14(11)16(20)18(22)19(23)17(15)21/h5-6,9-10H,3-4,7-8H2,1-2H3/q+1. The molecule has 0 aliphatic heterocycles. The Kier molecular flexibility index (Phi) is 4.43. The summed E-state index contributed by atoms with van der Waals surface area (Å²) in [7, 11) is 0.